The van der Waals surface area contributed by atoms with Gasteiger partial charge < -0.3 is 19.7 Å². The Bertz CT molecular complexity index is 992. The van der Waals surface area contributed by atoms with E-state index in [1.54, 1.807) is 26.2 Å². The Morgan fingerprint density at radius 3 is 2.79 bits per heavy atom. The maximum atomic E-state index is 12.6. The number of nitrogens with one attached hydrogen (secondary N) is 2. The summed E-state index contributed by atoms with van der Waals surface area (Å²) in [5, 5.41) is 9.87. The number of hydrogen-bond donors (Lipinski definition) is 2. The van der Waals surface area contributed by atoms with E-state index in [2.05, 4.69) is 32.3 Å². The Morgan fingerprint density at radius 1 is 1.31 bits per heavy atom. The average Bonchev–Trinajstić information content (AvgIpc) is 3.18. The molecule has 2 N–H and O–H groups in total. The van der Waals surface area contributed by atoms with Gasteiger partial charge in [0.15, 0.2) is 21.4 Å². The summed E-state index contributed by atoms with van der Waals surface area (Å²) in [6, 6.07) is 0.110. The Morgan fingerprint density at radius 2 is 2.10 bits per heavy atom. The van der Waals surface area contributed by atoms with Crippen molar-refractivity contribution in [2.45, 2.75) is 44.1 Å². The molecule has 158 valence electrons. The van der Waals surface area contributed by atoms with Crippen molar-refractivity contribution in [3.63, 3.8) is 0 Å². The van der Waals surface area contributed by atoms with Crippen LogP contribution >= 0.6 is 0 Å². The molecule has 0 unspecified atom stereocenters. The van der Waals surface area contributed by atoms with Gasteiger partial charge in [-0.1, -0.05) is 0 Å². The highest BCUT2D eigenvalue weighted by molar-refractivity contribution is 7.91. The molecule has 2 aromatic heterocycles. The van der Waals surface area contributed by atoms with Gasteiger partial charge >= 0.3 is 0 Å². The van der Waals surface area contributed by atoms with E-state index < -0.39 is 14.6 Å². The van der Waals surface area contributed by atoms with Gasteiger partial charge in [0.1, 0.15) is 17.0 Å². The van der Waals surface area contributed by atoms with Gasteiger partial charge in [-0.3, -0.25) is 5.10 Å². The van der Waals surface area contributed by atoms with Gasteiger partial charge in [-0.05, 0) is 20.8 Å². The summed E-state index contributed by atoms with van der Waals surface area (Å²) < 4.78 is 35.5. The zero-order chi connectivity index (χ0) is 20.8. The molecule has 2 aliphatic heterocycles. The largest absolute Gasteiger partial charge is 0.486 e. The fraction of sp³-hybridized carbons (Fsp3) is 0.611. The molecule has 4 heterocycles. The Labute approximate surface area is 169 Å². The number of rotatable bonds is 5. The van der Waals surface area contributed by atoms with E-state index >= 15 is 0 Å². The minimum absolute atomic E-state index is 0.0251. The first kappa shape index (κ1) is 19.9. The highest BCUT2D eigenvalue weighted by atomic mass is 32.2. The van der Waals surface area contributed by atoms with Gasteiger partial charge in [0.2, 0.25) is 5.95 Å². The van der Waals surface area contributed by atoms with Crippen LogP contribution < -0.4 is 15.0 Å². The van der Waals surface area contributed by atoms with Crippen LogP contribution in [-0.4, -0.2) is 66.7 Å². The van der Waals surface area contributed by atoms with Crippen molar-refractivity contribution >= 4 is 21.6 Å². The number of aromatic amines is 1. The zero-order valence-corrected chi connectivity index (χ0v) is 17.8. The summed E-state index contributed by atoms with van der Waals surface area (Å²) in [5.74, 6) is 1.38. The number of aromatic nitrogens is 4. The van der Waals surface area contributed by atoms with Crippen molar-refractivity contribution in [1.29, 1.82) is 0 Å². The van der Waals surface area contributed by atoms with Crippen LogP contribution in [-0.2, 0) is 25.9 Å². The predicted octanol–water partition coefficient (Wildman–Crippen LogP) is 1.08. The summed E-state index contributed by atoms with van der Waals surface area (Å²) in [6.45, 7) is 7.31. The van der Waals surface area contributed by atoms with Crippen molar-refractivity contribution < 1.29 is 17.9 Å². The molecule has 2 atom stereocenters. The number of fused-ring (bicyclic) bond motifs is 3. The fourth-order valence-corrected chi connectivity index (χ4v) is 4.04. The van der Waals surface area contributed by atoms with Gasteiger partial charge in [0.25, 0.3) is 0 Å². The third-order valence-corrected chi connectivity index (χ3v) is 7.60. The monoisotopic (exact) mass is 422 g/mol. The summed E-state index contributed by atoms with van der Waals surface area (Å²) in [7, 11) is -3.46. The average molecular weight is 423 g/mol. The molecule has 0 saturated carbocycles. The van der Waals surface area contributed by atoms with Crippen LogP contribution in [0, 0.1) is 0 Å². The summed E-state index contributed by atoms with van der Waals surface area (Å²) in [5.41, 5.74) is 1.29. The maximum absolute atomic E-state index is 12.6. The number of nitrogens with zero attached hydrogens (tertiary/aromatic N) is 4. The Kier molecular flexibility index (Phi) is 4.89. The van der Waals surface area contributed by atoms with Crippen LogP contribution in [0.15, 0.2) is 12.4 Å². The molecule has 2 aromatic rings. The first-order chi connectivity index (χ1) is 13.7. The lowest BCUT2D eigenvalue weighted by atomic mass is 10.0. The van der Waals surface area contributed by atoms with E-state index in [0.29, 0.717) is 49.6 Å². The number of hydrogen-bond acceptors (Lipinski definition) is 9. The second-order valence-electron chi connectivity index (χ2n) is 8.05. The van der Waals surface area contributed by atoms with Crippen LogP contribution in [0.2, 0.25) is 0 Å². The van der Waals surface area contributed by atoms with E-state index in [0.717, 1.165) is 5.56 Å². The highest BCUT2D eigenvalue weighted by Gasteiger charge is 2.43. The van der Waals surface area contributed by atoms with Gasteiger partial charge in [0.05, 0.1) is 31.5 Å². The summed E-state index contributed by atoms with van der Waals surface area (Å²) in [6.07, 6.45) is 4.69. The van der Waals surface area contributed by atoms with Crippen molar-refractivity contribution in [3.05, 3.63) is 23.7 Å². The first-order valence-corrected chi connectivity index (χ1v) is 11.4. The second kappa shape index (κ2) is 7.13. The lowest BCUT2D eigenvalue weighted by Gasteiger charge is -2.45. The molecule has 1 fully saturated rings. The van der Waals surface area contributed by atoms with Gasteiger partial charge in [0, 0.05) is 24.6 Å². The normalized spacial score (nSPS) is 21.9. The third-order valence-electron chi connectivity index (χ3n) is 5.55. The lowest BCUT2D eigenvalue weighted by molar-refractivity contribution is 0.0482. The fourth-order valence-electron chi connectivity index (χ4n) is 3.55. The predicted molar refractivity (Wildman–Crippen MR) is 108 cm³/mol. The second-order valence-corrected chi connectivity index (χ2v) is 10.6. The van der Waals surface area contributed by atoms with Crippen LogP contribution in [0.4, 0.5) is 11.8 Å². The van der Waals surface area contributed by atoms with Crippen LogP contribution in [0.1, 0.15) is 32.0 Å². The molecular formula is C18H26N6O4S. The van der Waals surface area contributed by atoms with E-state index in [-0.39, 0.29) is 12.1 Å². The van der Waals surface area contributed by atoms with Crippen molar-refractivity contribution in [2.75, 3.05) is 36.3 Å². The molecular weight excluding hydrogens is 396 g/mol. The molecule has 0 amide bonds. The first-order valence-electron chi connectivity index (χ1n) is 9.51. The van der Waals surface area contributed by atoms with Gasteiger partial charge in [-0.2, -0.15) is 10.1 Å². The minimum atomic E-state index is -3.46. The van der Waals surface area contributed by atoms with E-state index in [4.69, 9.17) is 14.5 Å². The summed E-state index contributed by atoms with van der Waals surface area (Å²) in [4.78, 5) is 11.4. The van der Waals surface area contributed by atoms with Gasteiger partial charge in [-0.15, -0.1) is 0 Å². The molecule has 11 heteroatoms. The van der Waals surface area contributed by atoms with Crippen LogP contribution in [0.25, 0.3) is 0 Å². The molecule has 1 saturated heterocycles. The van der Waals surface area contributed by atoms with Crippen LogP contribution in [0.3, 0.4) is 0 Å². The smallest absolute Gasteiger partial charge is 0.225 e. The van der Waals surface area contributed by atoms with Crippen molar-refractivity contribution in [1.82, 2.24) is 20.2 Å². The maximum Gasteiger partial charge on any atom is 0.225 e. The molecule has 4 rings (SSSR count). The quantitative estimate of drug-likeness (QED) is 0.728. The molecule has 0 spiro atoms. The topological polar surface area (TPSA) is 122 Å². The zero-order valence-electron chi connectivity index (χ0n) is 17.0. The third kappa shape index (κ3) is 3.52. The lowest BCUT2D eigenvalue weighted by Crippen LogP contribution is -2.56. The molecule has 0 radical (unpaired) electrons. The van der Waals surface area contributed by atoms with E-state index in [1.807, 2.05) is 0 Å². The molecule has 2 aliphatic rings. The van der Waals surface area contributed by atoms with Crippen LogP contribution in [0.5, 0.6) is 5.75 Å². The van der Waals surface area contributed by atoms with Gasteiger partial charge in [-0.25, -0.2) is 13.4 Å². The summed E-state index contributed by atoms with van der Waals surface area (Å²) >= 11 is 0. The van der Waals surface area contributed by atoms with E-state index in [9.17, 15) is 8.42 Å². The number of H-pyrrole nitrogens is 1. The Hall–Kier alpha value is -2.40. The van der Waals surface area contributed by atoms with Crippen molar-refractivity contribution in [2.24, 2.45) is 0 Å². The van der Waals surface area contributed by atoms with E-state index in [1.165, 1.54) is 6.26 Å². The molecule has 29 heavy (non-hydrogen) atoms. The number of morpholine rings is 1. The number of anilines is 2. The standard InChI is InChI=1S/C18H26N6O4S/c1-11-8-27-9-13-10-28-14-15(18(2,3)29(4,25)26)22-17(23-16(14)24(11)13)19-5-12-6-20-21-7-12/h6-7,11,13H,5,8-10H2,1-4H3,(H,20,21)(H,19,22,23)/t11-,13+/m1/s1. The SMILES string of the molecule is C[C@@H]1COC[C@H]2COc3c(nc(NCc4cn[nH]c4)nc3C(C)(C)S(C)(=O)=O)N21. The highest BCUT2D eigenvalue weighted by Crippen LogP contribution is 2.44. The number of ether oxygens (including phenoxy) is 2. The van der Waals surface area contributed by atoms with Crippen molar-refractivity contribution in [3.8, 4) is 5.75 Å². The number of sulfone groups is 1. The molecule has 0 aliphatic carbocycles. The Balaban J connectivity index is 1.82. The molecule has 0 aromatic carbocycles. The molecule has 10 nitrogen and oxygen atoms in total. The minimum Gasteiger partial charge on any atom is -0.486 e. The molecule has 0 bridgehead atoms.